The van der Waals surface area contributed by atoms with E-state index < -0.39 is 21.4 Å². The van der Waals surface area contributed by atoms with Crippen LogP contribution in [0.2, 0.25) is 0 Å². The molecule has 0 heterocycles. The van der Waals surface area contributed by atoms with Crippen LogP contribution in [0.5, 0.6) is 0 Å². The van der Waals surface area contributed by atoms with Gasteiger partial charge < -0.3 is 4.74 Å². The van der Waals surface area contributed by atoms with Gasteiger partial charge in [-0.25, -0.2) is 17.5 Å². The van der Waals surface area contributed by atoms with Crippen molar-refractivity contribution in [2.24, 2.45) is 5.92 Å². The third-order valence-electron chi connectivity index (χ3n) is 4.70. The number of carbonyl (C=O) groups is 1. The zero-order valence-corrected chi connectivity index (χ0v) is 13.9. The number of nitrogens with one attached hydrogen (secondary N) is 1. The summed E-state index contributed by atoms with van der Waals surface area (Å²) in [4.78, 5) is 11.7. The van der Waals surface area contributed by atoms with Gasteiger partial charge in [0.25, 0.3) is 0 Å². The average molecular weight is 335 g/mol. The highest BCUT2D eigenvalue weighted by molar-refractivity contribution is 7.90. The van der Waals surface area contributed by atoms with E-state index in [1.165, 1.54) is 0 Å². The molecule has 0 unspecified atom stereocenters. The van der Waals surface area contributed by atoms with Crippen LogP contribution in [-0.2, 0) is 19.6 Å². The SMILES string of the molecule is CCOC(=O)C1CCC(NS(=O)(=O)[C@@H]2CCCC[C@@H]2F)CC1. The Kier molecular flexibility index (Phi) is 6.20. The second-order valence-electron chi connectivity index (χ2n) is 6.30. The van der Waals surface area contributed by atoms with Crippen LogP contribution in [-0.4, -0.2) is 38.5 Å². The summed E-state index contributed by atoms with van der Waals surface area (Å²) in [7, 11) is -3.62. The predicted octanol–water partition coefficient (Wildman–Crippen LogP) is 2.31. The Labute approximate surface area is 132 Å². The molecule has 0 amide bonds. The van der Waals surface area contributed by atoms with Crippen LogP contribution in [0.3, 0.4) is 0 Å². The molecular weight excluding hydrogens is 309 g/mol. The van der Waals surface area contributed by atoms with Crippen molar-refractivity contribution in [3.63, 3.8) is 0 Å². The van der Waals surface area contributed by atoms with Crippen LogP contribution in [0.25, 0.3) is 0 Å². The third-order valence-corrected chi connectivity index (χ3v) is 6.69. The van der Waals surface area contributed by atoms with Gasteiger partial charge in [0.05, 0.1) is 12.5 Å². The van der Waals surface area contributed by atoms with Crippen molar-refractivity contribution in [2.45, 2.75) is 75.8 Å². The minimum atomic E-state index is -3.62. The molecule has 22 heavy (non-hydrogen) atoms. The van der Waals surface area contributed by atoms with E-state index in [9.17, 15) is 17.6 Å². The monoisotopic (exact) mass is 335 g/mol. The van der Waals surface area contributed by atoms with Gasteiger partial charge >= 0.3 is 5.97 Å². The number of ether oxygens (including phenoxy) is 1. The summed E-state index contributed by atoms with van der Waals surface area (Å²) < 4.78 is 46.2. The second-order valence-corrected chi connectivity index (χ2v) is 8.23. The fraction of sp³-hybridized carbons (Fsp3) is 0.933. The van der Waals surface area contributed by atoms with E-state index in [0.717, 1.165) is 12.8 Å². The van der Waals surface area contributed by atoms with Crippen LogP contribution < -0.4 is 4.72 Å². The molecule has 128 valence electrons. The number of alkyl halides is 1. The molecule has 2 aliphatic rings. The Hall–Kier alpha value is -0.690. The highest BCUT2D eigenvalue weighted by atomic mass is 32.2. The lowest BCUT2D eigenvalue weighted by Gasteiger charge is -2.31. The average Bonchev–Trinajstić information content (AvgIpc) is 2.48. The Morgan fingerprint density at radius 2 is 1.77 bits per heavy atom. The van der Waals surface area contributed by atoms with Crippen molar-refractivity contribution in [3.8, 4) is 0 Å². The molecular formula is C15H26FNO4S. The van der Waals surface area contributed by atoms with Gasteiger partial charge in [-0.15, -0.1) is 0 Å². The van der Waals surface area contributed by atoms with Crippen LogP contribution in [0, 0.1) is 5.92 Å². The molecule has 0 saturated heterocycles. The number of rotatable bonds is 5. The second kappa shape index (κ2) is 7.73. The molecule has 0 bridgehead atoms. The van der Waals surface area contributed by atoms with Gasteiger partial charge in [0.15, 0.2) is 0 Å². The van der Waals surface area contributed by atoms with E-state index in [4.69, 9.17) is 4.74 Å². The Bertz CT molecular complexity index is 474. The molecule has 2 rings (SSSR count). The first-order chi connectivity index (χ1) is 10.4. The van der Waals surface area contributed by atoms with E-state index in [1.807, 2.05) is 0 Å². The van der Waals surface area contributed by atoms with Crippen molar-refractivity contribution in [1.82, 2.24) is 4.72 Å². The van der Waals surface area contributed by atoms with Gasteiger partial charge in [-0.05, 0) is 45.4 Å². The first kappa shape index (κ1) is 17.7. The number of esters is 1. The normalized spacial score (nSPS) is 33.4. The van der Waals surface area contributed by atoms with Crippen LogP contribution in [0.1, 0.15) is 58.3 Å². The first-order valence-corrected chi connectivity index (χ1v) is 9.80. The lowest BCUT2D eigenvalue weighted by Crippen LogP contribution is -2.47. The zero-order valence-electron chi connectivity index (χ0n) is 13.1. The molecule has 0 aromatic carbocycles. The van der Waals surface area contributed by atoms with E-state index in [-0.39, 0.29) is 17.9 Å². The standard InChI is InChI=1S/C15H26FNO4S/c1-2-21-15(18)11-7-9-12(10-8-11)17-22(19,20)14-6-4-3-5-13(14)16/h11-14,17H,2-10H2,1H3/t11?,12?,13-,14+/m0/s1. The van der Waals surface area contributed by atoms with Crippen LogP contribution >= 0.6 is 0 Å². The van der Waals surface area contributed by atoms with Crippen LogP contribution in [0.4, 0.5) is 4.39 Å². The summed E-state index contributed by atoms with van der Waals surface area (Å²) in [6, 6.07) is -0.190. The third kappa shape index (κ3) is 4.41. The fourth-order valence-electron chi connectivity index (χ4n) is 3.43. The van der Waals surface area contributed by atoms with Gasteiger partial charge in [0, 0.05) is 6.04 Å². The Morgan fingerprint density at radius 1 is 1.14 bits per heavy atom. The van der Waals surface area contributed by atoms with E-state index in [0.29, 0.717) is 45.1 Å². The largest absolute Gasteiger partial charge is 0.466 e. The number of hydrogen-bond acceptors (Lipinski definition) is 4. The lowest BCUT2D eigenvalue weighted by atomic mass is 9.86. The molecule has 2 atom stereocenters. The highest BCUT2D eigenvalue weighted by Gasteiger charge is 2.38. The molecule has 0 spiro atoms. The molecule has 1 N–H and O–H groups in total. The summed E-state index contributed by atoms with van der Waals surface area (Å²) in [5.41, 5.74) is 0. The molecule has 0 radical (unpaired) electrons. The zero-order chi connectivity index (χ0) is 16.2. The summed E-state index contributed by atoms with van der Waals surface area (Å²) in [6.45, 7) is 2.14. The molecule has 2 fully saturated rings. The Morgan fingerprint density at radius 3 is 2.36 bits per heavy atom. The van der Waals surface area contributed by atoms with Crippen molar-refractivity contribution in [3.05, 3.63) is 0 Å². The molecule has 0 aromatic heterocycles. The van der Waals surface area contributed by atoms with Gasteiger partial charge in [-0.1, -0.05) is 12.8 Å². The van der Waals surface area contributed by atoms with Gasteiger partial charge in [-0.2, -0.15) is 0 Å². The van der Waals surface area contributed by atoms with E-state index >= 15 is 0 Å². The number of hydrogen-bond donors (Lipinski definition) is 1. The fourth-order valence-corrected chi connectivity index (χ4v) is 5.30. The molecule has 7 heteroatoms. The van der Waals surface area contributed by atoms with Crippen molar-refractivity contribution in [2.75, 3.05) is 6.61 Å². The maximum absolute atomic E-state index is 13.9. The van der Waals surface area contributed by atoms with E-state index in [2.05, 4.69) is 4.72 Å². The first-order valence-electron chi connectivity index (χ1n) is 8.26. The molecule has 2 saturated carbocycles. The van der Waals surface area contributed by atoms with E-state index in [1.54, 1.807) is 6.92 Å². The smallest absolute Gasteiger partial charge is 0.308 e. The molecule has 5 nitrogen and oxygen atoms in total. The minimum absolute atomic E-state index is 0.135. The maximum atomic E-state index is 13.9. The van der Waals surface area contributed by atoms with Gasteiger partial charge in [0.2, 0.25) is 10.0 Å². The topological polar surface area (TPSA) is 72.5 Å². The van der Waals surface area contributed by atoms with Gasteiger partial charge in [-0.3, -0.25) is 4.79 Å². The number of sulfonamides is 1. The summed E-state index contributed by atoms with van der Waals surface area (Å²) in [6.07, 6.45) is 3.45. The summed E-state index contributed by atoms with van der Waals surface area (Å²) in [5, 5.41) is -0.913. The maximum Gasteiger partial charge on any atom is 0.308 e. The van der Waals surface area contributed by atoms with Crippen LogP contribution in [0.15, 0.2) is 0 Å². The van der Waals surface area contributed by atoms with Crippen molar-refractivity contribution < 1.29 is 22.3 Å². The predicted molar refractivity (Wildman–Crippen MR) is 81.6 cm³/mol. The number of carbonyl (C=O) groups excluding carboxylic acids is 1. The molecule has 0 aromatic rings. The number of halogens is 1. The summed E-state index contributed by atoms with van der Waals surface area (Å²) >= 11 is 0. The van der Waals surface area contributed by atoms with Crippen molar-refractivity contribution in [1.29, 1.82) is 0 Å². The molecule has 0 aliphatic heterocycles. The summed E-state index contributed by atoms with van der Waals surface area (Å²) in [5.74, 6) is -0.329. The quantitative estimate of drug-likeness (QED) is 0.783. The highest BCUT2D eigenvalue weighted by Crippen LogP contribution is 2.29. The Balaban J connectivity index is 1.85. The molecule has 2 aliphatic carbocycles. The minimum Gasteiger partial charge on any atom is -0.466 e. The van der Waals surface area contributed by atoms with Crippen molar-refractivity contribution >= 4 is 16.0 Å². The van der Waals surface area contributed by atoms with Gasteiger partial charge in [0.1, 0.15) is 11.4 Å². The lowest BCUT2D eigenvalue weighted by molar-refractivity contribution is -0.149.